The number of halogens is 3. The van der Waals surface area contributed by atoms with Gasteiger partial charge < -0.3 is 5.32 Å². The van der Waals surface area contributed by atoms with E-state index in [-0.39, 0.29) is 5.82 Å². The molecule has 1 aromatic carbocycles. The molecule has 0 saturated heterocycles. The van der Waals surface area contributed by atoms with Crippen molar-refractivity contribution in [3.63, 3.8) is 0 Å². The maximum Gasteiger partial charge on any atom is 0.129 e. The first kappa shape index (κ1) is 12.5. The number of hydrogen-bond acceptors (Lipinski definition) is 2. The maximum absolute atomic E-state index is 13.5. The molecule has 0 saturated carbocycles. The fourth-order valence-electron chi connectivity index (χ4n) is 1.34. The van der Waals surface area contributed by atoms with Crippen LogP contribution in [0.25, 0.3) is 0 Å². The van der Waals surface area contributed by atoms with E-state index in [1.807, 2.05) is 18.2 Å². The van der Waals surface area contributed by atoms with Crippen LogP contribution in [0.1, 0.15) is 5.56 Å². The molecule has 1 heterocycles. The Morgan fingerprint density at radius 1 is 1.18 bits per heavy atom. The van der Waals surface area contributed by atoms with Crippen LogP contribution in [0.2, 0.25) is 0 Å². The van der Waals surface area contributed by atoms with E-state index in [0.29, 0.717) is 12.1 Å². The average molecular weight is 360 g/mol. The smallest absolute Gasteiger partial charge is 0.129 e. The molecular weight excluding hydrogens is 351 g/mol. The Bertz CT molecular complexity index is 514. The number of pyridine rings is 1. The van der Waals surface area contributed by atoms with Gasteiger partial charge in [0, 0.05) is 16.6 Å². The first-order valence-electron chi connectivity index (χ1n) is 4.94. The summed E-state index contributed by atoms with van der Waals surface area (Å²) in [5, 5.41) is 3.11. The largest absolute Gasteiger partial charge is 0.380 e. The fourth-order valence-corrected chi connectivity index (χ4v) is 1.91. The van der Waals surface area contributed by atoms with Crippen LogP contribution in [0.3, 0.4) is 0 Å². The summed E-state index contributed by atoms with van der Waals surface area (Å²) in [6, 6.07) is 8.74. The van der Waals surface area contributed by atoms with Crippen LogP contribution < -0.4 is 5.32 Å². The molecule has 2 rings (SSSR count). The van der Waals surface area contributed by atoms with Crippen molar-refractivity contribution in [2.24, 2.45) is 0 Å². The third-order valence-electron chi connectivity index (χ3n) is 2.23. The number of hydrogen-bond donors (Lipinski definition) is 1. The molecule has 0 bridgehead atoms. The molecule has 0 spiro atoms. The molecule has 0 atom stereocenters. The Morgan fingerprint density at radius 3 is 2.65 bits per heavy atom. The minimum absolute atomic E-state index is 0.225. The molecule has 0 fully saturated rings. The minimum Gasteiger partial charge on any atom is -0.380 e. The second kappa shape index (κ2) is 5.60. The van der Waals surface area contributed by atoms with Gasteiger partial charge in [-0.15, -0.1) is 0 Å². The number of anilines is 1. The number of nitrogens with zero attached hydrogens (tertiary/aromatic N) is 1. The van der Waals surface area contributed by atoms with Crippen molar-refractivity contribution in [2.45, 2.75) is 6.54 Å². The zero-order chi connectivity index (χ0) is 12.3. The van der Waals surface area contributed by atoms with Crippen LogP contribution >= 0.6 is 31.9 Å². The standard InChI is InChI=1S/C12H9Br2FN2/c13-9-2-1-8(11(15)5-9)6-16-10-3-4-12(14)17-7-10/h1-5,7,16H,6H2. The summed E-state index contributed by atoms with van der Waals surface area (Å²) in [4.78, 5) is 4.08. The molecule has 0 unspecified atom stereocenters. The topological polar surface area (TPSA) is 24.9 Å². The fraction of sp³-hybridized carbons (Fsp3) is 0.0833. The summed E-state index contributed by atoms with van der Waals surface area (Å²) in [6.07, 6.45) is 1.70. The highest BCUT2D eigenvalue weighted by Gasteiger charge is 2.02. The number of rotatable bonds is 3. The molecule has 1 aromatic heterocycles. The van der Waals surface area contributed by atoms with Crippen LogP contribution in [0.5, 0.6) is 0 Å². The number of nitrogens with one attached hydrogen (secondary N) is 1. The second-order valence-corrected chi connectivity index (χ2v) is 5.19. The van der Waals surface area contributed by atoms with Crippen molar-refractivity contribution >= 4 is 37.5 Å². The molecule has 5 heteroatoms. The van der Waals surface area contributed by atoms with Gasteiger partial charge >= 0.3 is 0 Å². The normalized spacial score (nSPS) is 10.3. The molecule has 0 amide bonds. The molecule has 1 N–H and O–H groups in total. The van der Waals surface area contributed by atoms with Gasteiger partial charge in [0.05, 0.1) is 11.9 Å². The molecule has 2 aromatic rings. The monoisotopic (exact) mass is 358 g/mol. The highest BCUT2D eigenvalue weighted by atomic mass is 79.9. The van der Waals surface area contributed by atoms with Crippen molar-refractivity contribution in [3.8, 4) is 0 Å². The number of aromatic nitrogens is 1. The lowest BCUT2D eigenvalue weighted by atomic mass is 10.2. The first-order valence-corrected chi connectivity index (χ1v) is 6.53. The molecule has 0 radical (unpaired) electrons. The molecule has 17 heavy (non-hydrogen) atoms. The maximum atomic E-state index is 13.5. The predicted molar refractivity (Wildman–Crippen MR) is 73.4 cm³/mol. The van der Waals surface area contributed by atoms with E-state index >= 15 is 0 Å². The summed E-state index contributed by atoms with van der Waals surface area (Å²) >= 11 is 6.48. The lowest BCUT2D eigenvalue weighted by Crippen LogP contribution is -2.01. The number of benzene rings is 1. The Labute approximate surface area is 116 Å². The van der Waals surface area contributed by atoms with E-state index in [4.69, 9.17) is 0 Å². The summed E-state index contributed by atoms with van der Waals surface area (Å²) in [6.45, 7) is 0.433. The van der Waals surface area contributed by atoms with Crippen molar-refractivity contribution in [2.75, 3.05) is 5.32 Å². The summed E-state index contributed by atoms with van der Waals surface area (Å²) in [7, 11) is 0. The summed E-state index contributed by atoms with van der Waals surface area (Å²) in [5.74, 6) is -0.225. The van der Waals surface area contributed by atoms with Gasteiger partial charge in [0.15, 0.2) is 0 Å². The molecule has 0 aliphatic rings. The van der Waals surface area contributed by atoms with E-state index in [9.17, 15) is 4.39 Å². The minimum atomic E-state index is -0.225. The molecule has 2 nitrogen and oxygen atoms in total. The lowest BCUT2D eigenvalue weighted by molar-refractivity contribution is 0.612. The highest BCUT2D eigenvalue weighted by Crippen LogP contribution is 2.17. The van der Waals surface area contributed by atoms with E-state index in [2.05, 4.69) is 42.2 Å². The summed E-state index contributed by atoms with van der Waals surface area (Å²) < 4.78 is 15.0. The van der Waals surface area contributed by atoms with Gasteiger partial charge in [-0.3, -0.25) is 0 Å². The van der Waals surface area contributed by atoms with Gasteiger partial charge in [-0.2, -0.15) is 0 Å². The van der Waals surface area contributed by atoms with Crippen LogP contribution in [-0.4, -0.2) is 4.98 Å². The first-order chi connectivity index (χ1) is 8.15. The molecule has 0 aliphatic carbocycles. The second-order valence-electron chi connectivity index (χ2n) is 3.46. The predicted octanol–water partition coefficient (Wildman–Crippen LogP) is 4.36. The van der Waals surface area contributed by atoms with E-state index in [1.54, 1.807) is 12.3 Å². The van der Waals surface area contributed by atoms with Gasteiger partial charge in [-0.1, -0.05) is 22.0 Å². The van der Waals surface area contributed by atoms with Gasteiger partial charge in [0.1, 0.15) is 10.4 Å². The van der Waals surface area contributed by atoms with Gasteiger partial charge in [0.2, 0.25) is 0 Å². The van der Waals surface area contributed by atoms with E-state index < -0.39 is 0 Å². The SMILES string of the molecule is Fc1cc(Br)ccc1CNc1ccc(Br)nc1. The van der Waals surface area contributed by atoms with Crippen LogP contribution in [0.15, 0.2) is 45.6 Å². The third-order valence-corrected chi connectivity index (χ3v) is 3.19. The average Bonchev–Trinajstić information content (AvgIpc) is 2.30. The lowest BCUT2D eigenvalue weighted by Gasteiger charge is -2.07. The molecule has 0 aliphatic heterocycles. The Hall–Kier alpha value is -0.940. The van der Waals surface area contributed by atoms with Crippen LogP contribution in [0.4, 0.5) is 10.1 Å². The van der Waals surface area contributed by atoms with E-state index in [1.165, 1.54) is 6.07 Å². The summed E-state index contributed by atoms with van der Waals surface area (Å²) in [5.41, 5.74) is 1.48. The van der Waals surface area contributed by atoms with Gasteiger partial charge in [-0.25, -0.2) is 9.37 Å². The van der Waals surface area contributed by atoms with Crippen molar-refractivity contribution in [3.05, 3.63) is 57.0 Å². The van der Waals surface area contributed by atoms with Gasteiger partial charge in [-0.05, 0) is 40.2 Å². The molecule has 88 valence electrons. The van der Waals surface area contributed by atoms with E-state index in [0.717, 1.165) is 14.8 Å². The van der Waals surface area contributed by atoms with Crippen molar-refractivity contribution < 1.29 is 4.39 Å². The highest BCUT2D eigenvalue weighted by molar-refractivity contribution is 9.10. The Balaban J connectivity index is 2.04. The molecular formula is C12H9Br2FN2. The zero-order valence-corrected chi connectivity index (χ0v) is 11.9. The van der Waals surface area contributed by atoms with Crippen LogP contribution in [-0.2, 0) is 6.54 Å². The Morgan fingerprint density at radius 2 is 2.00 bits per heavy atom. The quantitative estimate of drug-likeness (QED) is 0.823. The zero-order valence-electron chi connectivity index (χ0n) is 8.75. The van der Waals surface area contributed by atoms with Crippen molar-refractivity contribution in [1.82, 2.24) is 4.98 Å². The third kappa shape index (κ3) is 3.51. The van der Waals surface area contributed by atoms with Crippen LogP contribution in [0, 0.1) is 5.82 Å². The Kier molecular flexibility index (Phi) is 4.12. The van der Waals surface area contributed by atoms with Gasteiger partial charge in [0.25, 0.3) is 0 Å². The van der Waals surface area contributed by atoms with Crippen molar-refractivity contribution in [1.29, 1.82) is 0 Å².